The first-order valence-electron chi connectivity index (χ1n) is 8.64. The lowest BCUT2D eigenvalue weighted by Gasteiger charge is -2.23. The van der Waals surface area contributed by atoms with E-state index in [1.54, 1.807) is 19.1 Å². The summed E-state index contributed by atoms with van der Waals surface area (Å²) < 4.78 is 10.8. The van der Waals surface area contributed by atoms with Crippen LogP contribution < -0.4 is 0 Å². The third kappa shape index (κ3) is 3.93. The zero-order valence-electron chi connectivity index (χ0n) is 14.7. The smallest absolute Gasteiger partial charge is 0.334 e. The Labute approximate surface area is 147 Å². The van der Waals surface area contributed by atoms with Gasteiger partial charge in [-0.2, -0.15) is 0 Å². The largest absolute Gasteiger partial charge is 0.454 e. The molecule has 5 nitrogen and oxygen atoms in total. The number of esters is 2. The standard InChI is InChI=1S/C20H24O5/c1-12-9-15-11-14(19(22)24-15)5-4-7-20(3,23)8-6-16-13(2)18(21)25-17(16)10-12/h4,7,10-11,15-17,23H,2,5-6,8-9H2,1,3H3/b7-4+,12-10?/t15-,16-,17+,20-/m1/s1. The molecular weight excluding hydrogens is 320 g/mol. The lowest BCUT2D eigenvalue weighted by Crippen LogP contribution is -2.24. The maximum Gasteiger partial charge on any atom is 0.334 e. The first-order valence-corrected chi connectivity index (χ1v) is 8.64. The van der Waals surface area contributed by atoms with E-state index in [4.69, 9.17) is 9.47 Å². The molecule has 2 heterocycles. The Morgan fingerprint density at radius 1 is 1.24 bits per heavy atom. The van der Waals surface area contributed by atoms with Gasteiger partial charge in [-0.3, -0.25) is 0 Å². The van der Waals surface area contributed by atoms with Crippen molar-refractivity contribution in [2.75, 3.05) is 0 Å². The van der Waals surface area contributed by atoms with Crippen LogP contribution in [-0.2, 0) is 19.1 Å². The molecule has 1 aliphatic carbocycles. The molecule has 0 radical (unpaired) electrons. The molecule has 0 aromatic heterocycles. The Morgan fingerprint density at radius 2 is 2.00 bits per heavy atom. The molecule has 0 amide bonds. The van der Waals surface area contributed by atoms with E-state index >= 15 is 0 Å². The molecule has 1 saturated heterocycles. The second-order valence-electron chi connectivity index (χ2n) is 7.36. The van der Waals surface area contributed by atoms with Gasteiger partial charge in [0.2, 0.25) is 0 Å². The molecular formula is C20H24O5. The number of aliphatic hydroxyl groups is 1. The predicted octanol–water partition coefficient (Wildman–Crippen LogP) is 2.76. The predicted molar refractivity (Wildman–Crippen MR) is 92.5 cm³/mol. The summed E-state index contributed by atoms with van der Waals surface area (Å²) in [5.41, 5.74) is 1.03. The maximum absolute atomic E-state index is 11.9. The zero-order chi connectivity index (χ0) is 18.2. The number of hydrogen-bond donors (Lipinski definition) is 1. The van der Waals surface area contributed by atoms with Crippen molar-refractivity contribution in [1.29, 1.82) is 0 Å². The van der Waals surface area contributed by atoms with Gasteiger partial charge < -0.3 is 14.6 Å². The molecule has 0 saturated carbocycles. The summed E-state index contributed by atoms with van der Waals surface area (Å²) in [7, 11) is 0. The number of ether oxygens (including phenoxy) is 2. The fourth-order valence-electron chi connectivity index (χ4n) is 3.55. The van der Waals surface area contributed by atoms with Crippen molar-refractivity contribution in [2.24, 2.45) is 5.92 Å². The molecule has 0 spiro atoms. The highest BCUT2D eigenvalue weighted by Crippen LogP contribution is 2.35. The van der Waals surface area contributed by atoms with Crippen LogP contribution in [0.4, 0.5) is 0 Å². The van der Waals surface area contributed by atoms with E-state index in [1.165, 1.54) is 0 Å². The van der Waals surface area contributed by atoms with Crippen molar-refractivity contribution >= 4 is 11.9 Å². The van der Waals surface area contributed by atoms with Crippen molar-refractivity contribution in [3.8, 4) is 0 Å². The third-order valence-corrected chi connectivity index (χ3v) is 5.01. The van der Waals surface area contributed by atoms with Gasteiger partial charge in [0.1, 0.15) is 12.2 Å². The molecule has 0 aromatic rings. The molecule has 3 rings (SSSR count). The number of rotatable bonds is 0. The normalized spacial score (nSPS) is 37.4. The summed E-state index contributed by atoms with van der Waals surface area (Å²) in [6.45, 7) is 7.52. The molecule has 0 aromatic carbocycles. The van der Waals surface area contributed by atoms with Crippen LogP contribution in [0.3, 0.4) is 0 Å². The first kappa shape index (κ1) is 17.7. The molecule has 0 unspecified atom stereocenters. The van der Waals surface area contributed by atoms with Gasteiger partial charge in [0.05, 0.1) is 5.60 Å². The number of fused-ring (bicyclic) bond motifs is 2. The molecule has 25 heavy (non-hydrogen) atoms. The maximum atomic E-state index is 11.9. The van der Waals surface area contributed by atoms with Crippen LogP contribution in [-0.4, -0.2) is 34.9 Å². The highest BCUT2D eigenvalue weighted by atomic mass is 16.6. The molecule has 134 valence electrons. The lowest BCUT2D eigenvalue weighted by atomic mass is 9.86. The number of carbonyl (C=O) groups excluding carboxylic acids is 2. The van der Waals surface area contributed by atoms with Gasteiger partial charge in [0.15, 0.2) is 0 Å². The van der Waals surface area contributed by atoms with Crippen molar-refractivity contribution in [3.05, 3.63) is 47.6 Å². The summed E-state index contributed by atoms with van der Waals surface area (Å²) in [6.07, 6.45) is 8.65. The van der Waals surface area contributed by atoms with E-state index in [0.29, 0.717) is 36.8 Å². The Kier molecular flexibility index (Phi) is 4.69. The van der Waals surface area contributed by atoms with E-state index < -0.39 is 5.60 Å². The van der Waals surface area contributed by atoms with Gasteiger partial charge in [-0.15, -0.1) is 0 Å². The third-order valence-electron chi connectivity index (χ3n) is 5.01. The van der Waals surface area contributed by atoms with Crippen molar-refractivity contribution in [1.82, 2.24) is 0 Å². The highest BCUT2D eigenvalue weighted by molar-refractivity contribution is 5.91. The summed E-state index contributed by atoms with van der Waals surface area (Å²) in [4.78, 5) is 23.9. The molecule has 4 atom stereocenters. The van der Waals surface area contributed by atoms with E-state index in [0.717, 1.165) is 5.57 Å². The summed E-state index contributed by atoms with van der Waals surface area (Å²) in [5.74, 6) is -0.842. The molecule has 1 N–H and O–H groups in total. The quantitative estimate of drug-likeness (QED) is 0.416. The van der Waals surface area contributed by atoms with Crippen molar-refractivity contribution in [2.45, 2.75) is 57.3 Å². The fourth-order valence-corrected chi connectivity index (χ4v) is 3.55. The SMILES string of the molecule is C=C1C(=O)O[C@H]2C=C(C)C[C@@H]3C=C(C/C=C/[C@@](C)(O)CC[C@H]12)C(=O)O3. The molecule has 2 bridgehead atoms. The van der Waals surface area contributed by atoms with E-state index in [9.17, 15) is 14.7 Å². The first-order chi connectivity index (χ1) is 11.7. The van der Waals surface area contributed by atoms with E-state index in [1.807, 2.05) is 19.1 Å². The van der Waals surface area contributed by atoms with Crippen LogP contribution in [0.25, 0.3) is 0 Å². The average molecular weight is 344 g/mol. The minimum atomic E-state index is -1.03. The monoisotopic (exact) mass is 344 g/mol. The molecule has 5 heteroatoms. The Bertz CT molecular complexity index is 695. The number of carbonyl (C=O) groups is 2. The van der Waals surface area contributed by atoms with Gasteiger partial charge in [-0.05, 0) is 45.3 Å². The van der Waals surface area contributed by atoms with Crippen LogP contribution in [0, 0.1) is 5.92 Å². The van der Waals surface area contributed by atoms with Crippen molar-refractivity contribution < 1.29 is 24.2 Å². The molecule has 1 fully saturated rings. The van der Waals surface area contributed by atoms with Gasteiger partial charge >= 0.3 is 11.9 Å². The van der Waals surface area contributed by atoms with Crippen LogP contribution in [0.15, 0.2) is 47.6 Å². The lowest BCUT2D eigenvalue weighted by molar-refractivity contribution is -0.139. The van der Waals surface area contributed by atoms with Crippen molar-refractivity contribution in [3.63, 3.8) is 0 Å². The van der Waals surface area contributed by atoms with E-state index in [2.05, 4.69) is 6.58 Å². The second-order valence-corrected chi connectivity index (χ2v) is 7.36. The fraction of sp³-hybridized carbons (Fsp3) is 0.500. The van der Waals surface area contributed by atoms with Crippen LogP contribution >= 0.6 is 0 Å². The summed E-state index contributed by atoms with van der Waals surface area (Å²) in [6, 6.07) is 0. The summed E-state index contributed by atoms with van der Waals surface area (Å²) >= 11 is 0. The topological polar surface area (TPSA) is 72.8 Å². The van der Waals surface area contributed by atoms with E-state index in [-0.39, 0.29) is 30.1 Å². The van der Waals surface area contributed by atoms with Gasteiger partial charge in [-0.1, -0.05) is 24.3 Å². The minimum Gasteiger partial charge on any atom is -0.454 e. The Balaban J connectivity index is 1.90. The second kappa shape index (κ2) is 6.64. The molecule has 3 aliphatic rings. The Morgan fingerprint density at radius 3 is 2.76 bits per heavy atom. The van der Waals surface area contributed by atoms with Gasteiger partial charge in [0, 0.05) is 23.5 Å². The van der Waals surface area contributed by atoms with Crippen LogP contribution in [0.5, 0.6) is 0 Å². The summed E-state index contributed by atoms with van der Waals surface area (Å²) in [5, 5.41) is 10.6. The number of allylic oxidation sites excluding steroid dienone is 1. The van der Waals surface area contributed by atoms with Gasteiger partial charge in [-0.25, -0.2) is 9.59 Å². The average Bonchev–Trinajstić information content (AvgIpc) is 2.97. The molecule has 2 aliphatic heterocycles. The van der Waals surface area contributed by atoms with Crippen LogP contribution in [0.1, 0.15) is 39.5 Å². The number of hydrogen-bond acceptors (Lipinski definition) is 5. The highest BCUT2D eigenvalue weighted by Gasteiger charge is 2.38. The zero-order valence-corrected chi connectivity index (χ0v) is 14.7. The van der Waals surface area contributed by atoms with Gasteiger partial charge in [0.25, 0.3) is 0 Å². The van der Waals surface area contributed by atoms with Crippen LogP contribution in [0.2, 0.25) is 0 Å². The Hall–Kier alpha value is -2.14. The minimum absolute atomic E-state index is 0.150.